The highest BCUT2D eigenvalue weighted by atomic mass is 19.4. The number of carbonyl (C=O) groups is 4. The molecule has 1 unspecified atom stereocenters. The van der Waals surface area contributed by atoms with Crippen LogP contribution in [-0.2, 0) is 31.8 Å². The Kier molecular flexibility index (Phi) is 13.2. The van der Waals surface area contributed by atoms with Gasteiger partial charge >= 0.3 is 6.18 Å². The van der Waals surface area contributed by atoms with E-state index in [2.05, 4.69) is 35.6 Å². The van der Waals surface area contributed by atoms with E-state index in [-0.39, 0.29) is 30.3 Å². The third-order valence-corrected chi connectivity index (χ3v) is 10.6. The number of ether oxygens (including phenoxy) is 1. The molecule has 3 aliphatic heterocycles. The van der Waals surface area contributed by atoms with Crippen LogP contribution in [0.4, 0.5) is 30.2 Å². The molecule has 3 saturated heterocycles. The summed E-state index contributed by atoms with van der Waals surface area (Å²) in [5, 5.41) is 27.0. The van der Waals surface area contributed by atoms with Gasteiger partial charge in [0.05, 0.1) is 23.6 Å². The van der Waals surface area contributed by atoms with Gasteiger partial charge in [-0.15, -0.1) is 0 Å². The summed E-state index contributed by atoms with van der Waals surface area (Å²) in [5.41, 5.74) is -1.06. The normalized spacial score (nSPS) is 19.1. The number of carbonyl (C=O) groups excluding carboxylic acids is 4. The number of halogens is 3. The first kappa shape index (κ1) is 41.9. The van der Waals surface area contributed by atoms with Gasteiger partial charge in [0.15, 0.2) is 5.60 Å². The van der Waals surface area contributed by atoms with Gasteiger partial charge in [-0.3, -0.25) is 34.3 Å². The van der Waals surface area contributed by atoms with Crippen LogP contribution >= 0.6 is 0 Å². The van der Waals surface area contributed by atoms with Crippen LogP contribution < -0.4 is 30.5 Å². The van der Waals surface area contributed by atoms with E-state index in [4.69, 9.17) is 10.00 Å². The Morgan fingerprint density at radius 1 is 0.879 bits per heavy atom. The second-order valence-corrected chi connectivity index (χ2v) is 15.0. The largest absolute Gasteiger partial charge is 0.490 e. The molecule has 0 spiro atoms. The lowest BCUT2D eigenvalue weighted by Gasteiger charge is -2.39. The number of rotatable bonds is 13. The zero-order valence-corrected chi connectivity index (χ0v) is 32.2. The van der Waals surface area contributed by atoms with Crippen molar-refractivity contribution in [2.75, 3.05) is 87.2 Å². The lowest BCUT2D eigenvalue weighted by molar-refractivity contribution is -0.138. The molecule has 0 radical (unpaired) electrons. The highest BCUT2D eigenvalue weighted by Gasteiger charge is 2.36. The predicted molar refractivity (Wildman–Crippen MR) is 209 cm³/mol. The van der Waals surface area contributed by atoms with Gasteiger partial charge in [-0.05, 0) is 73.5 Å². The number of amides is 4. The molecule has 308 valence electrons. The molecular formula is C41H47F3N8O6. The summed E-state index contributed by atoms with van der Waals surface area (Å²) in [6, 6.07) is 18.8. The molecule has 3 heterocycles. The molecule has 0 saturated carbocycles. The minimum Gasteiger partial charge on any atom is -0.490 e. The van der Waals surface area contributed by atoms with Gasteiger partial charge in [0.1, 0.15) is 18.4 Å². The summed E-state index contributed by atoms with van der Waals surface area (Å²) in [4.78, 5) is 58.1. The third-order valence-electron chi connectivity index (χ3n) is 10.6. The molecule has 3 aromatic carbocycles. The molecular weight excluding hydrogens is 757 g/mol. The maximum absolute atomic E-state index is 13.3. The SMILES string of the molecule is C[C@](O)(COc1ccc(N2CCN(CCN3CCN(c4ccc(CC(=O)NC5CCC(=O)NC5=O)cc4)CC3)CC2)cc1)C(=O)Nc1ccc(C#N)c(C(F)(F)F)c1. The van der Waals surface area contributed by atoms with Crippen molar-refractivity contribution in [2.45, 2.75) is 44.0 Å². The van der Waals surface area contributed by atoms with E-state index < -0.39 is 47.4 Å². The summed E-state index contributed by atoms with van der Waals surface area (Å²) in [7, 11) is 0. The fourth-order valence-electron chi connectivity index (χ4n) is 7.09. The summed E-state index contributed by atoms with van der Waals surface area (Å²) < 4.78 is 45.6. The molecule has 2 atom stereocenters. The summed E-state index contributed by atoms with van der Waals surface area (Å²) in [6.07, 6.45) is -4.11. The Morgan fingerprint density at radius 3 is 1.98 bits per heavy atom. The number of nitrogens with zero attached hydrogens (tertiary/aromatic N) is 5. The van der Waals surface area contributed by atoms with Crippen molar-refractivity contribution in [3.63, 3.8) is 0 Å². The molecule has 0 aliphatic carbocycles. The number of piperazine rings is 2. The molecule has 4 amide bonds. The van der Waals surface area contributed by atoms with Crippen LogP contribution in [0, 0.1) is 11.3 Å². The standard InChI is InChI=1S/C41H47F3N8O6/c1-40(57,39(56)46-30-5-4-29(26-45)34(25-30)41(42,43)44)27-58-33-10-8-32(9-11-33)52-22-18-50(19-23-52)15-14-49-16-20-51(21-17-49)31-6-2-28(3-7-31)24-37(54)47-35-12-13-36(53)48-38(35)55/h2-11,25,35,57H,12-24,27H2,1H3,(H,46,56)(H,47,54)(H,48,53,55)/t35?,40-/m0/s1. The Balaban J connectivity index is 0.870. The van der Waals surface area contributed by atoms with Crippen molar-refractivity contribution < 1.29 is 42.2 Å². The van der Waals surface area contributed by atoms with Crippen LogP contribution in [-0.4, -0.2) is 122 Å². The smallest absolute Gasteiger partial charge is 0.417 e. The van der Waals surface area contributed by atoms with Gasteiger partial charge < -0.3 is 30.3 Å². The average molecular weight is 805 g/mol. The summed E-state index contributed by atoms with van der Waals surface area (Å²) in [5.74, 6) is -1.57. The molecule has 3 aromatic rings. The van der Waals surface area contributed by atoms with Crippen LogP contribution in [0.5, 0.6) is 5.75 Å². The lowest BCUT2D eigenvalue weighted by atomic mass is 10.1. The van der Waals surface area contributed by atoms with Crippen molar-refractivity contribution in [1.29, 1.82) is 5.26 Å². The van der Waals surface area contributed by atoms with E-state index >= 15 is 0 Å². The molecule has 4 N–H and O–H groups in total. The molecule has 6 rings (SSSR count). The first-order valence-corrected chi connectivity index (χ1v) is 19.2. The number of hydrogen-bond donors (Lipinski definition) is 4. The molecule has 3 aliphatic rings. The Hall–Kier alpha value is -5.70. The van der Waals surface area contributed by atoms with Crippen LogP contribution in [0.3, 0.4) is 0 Å². The van der Waals surface area contributed by atoms with Crippen LogP contribution in [0.1, 0.15) is 36.5 Å². The molecule has 17 heteroatoms. The number of nitriles is 1. The van der Waals surface area contributed by atoms with Crippen molar-refractivity contribution in [3.8, 4) is 11.8 Å². The monoisotopic (exact) mass is 804 g/mol. The van der Waals surface area contributed by atoms with E-state index in [1.54, 1.807) is 12.1 Å². The fourth-order valence-corrected chi connectivity index (χ4v) is 7.09. The molecule has 0 bridgehead atoms. The number of anilines is 3. The number of hydrogen-bond acceptors (Lipinski definition) is 11. The van der Waals surface area contributed by atoms with Crippen molar-refractivity contribution in [3.05, 3.63) is 83.4 Å². The number of nitrogens with one attached hydrogen (secondary N) is 3. The first-order valence-electron chi connectivity index (χ1n) is 19.2. The van der Waals surface area contributed by atoms with E-state index in [0.717, 1.165) is 94.5 Å². The highest BCUT2D eigenvalue weighted by molar-refractivity contribution is 6.01. The van der Waals surface area contributed by atoms with Crippen LogP contribution in [0.15, 0.2) is 66.7 Å². The van der Waals surface area contributed by atoms with E-state index in [1.165, 1.54) is 13.0 Å². The highest BCUT2D eigenvalue weighted by Crippen LogP contribution is 2.34. The number of aliphatic hydroxyl groups is 1. The second kappa shape index (κ2) is 18.3. The minimum atomic E-state index is -4.79. The molecule has 0 aromatic heterocycles. The second-order valence-electron chi connectivity index (χ2n) is 15.0. The Morgan fingerprint density at radius 2 is 1.45 bits per heavy atom. The van der Waals surface area contributed by atoms with Crippen LogP contribution in [0.2, 0.25) is 0 Å². The van der Waals surface area contributed by atoms with E-state index in [0.29, 0.717) is 18.2 Å². The fraction of sp³-hybridized carbons (Fsp3) is 0.439. The number of imide groups is 1. The lowest BCUT2D eigenvalue weighted by Crippen LogP contribution is -2.52. The van der Waals surface area contributed by atoms with Gasteiger partial charge in [0, 0.05) is 88.9 Å². The van der Waals surface area contributed by atoms with E-state index in [1.807, 2.05) is 36.4 Å². The van der Waals surface area contributed by atoms with E-state index in [9.17, 15) is 37.5 Å². The number of piperidine rings is 1. The first-order chi connectivity index (χ1) is 27.7. The number of alkyl halides is 3. The van der Waals surface area contributed by atoms with Gasteiger partial charge in [-0.25, -0.2) is 0 Å². The summed E-state index contributed by atoms with van der Waals surface area (Å²) in [6.45, 7) is 9.93. The minimum absolute atomic E-state index is 0.157. The van der Waals surface area contributed by atoms with Gasteiger partial charge in [-0.1, -0.05) is 12.1 Å². The zero-order chi connectivity index (χ0) is 41.5. The van der Waals surface area contributed by atoms with Crippen molar-refractivity contribution >= 4 is 40.7 Å². The van der Waals surface area contributed by atoms with Gasteiger partial charge in [0.25, 0.3) is 5.91 Å². The van der Waals surface area contributed by atoms with Gasteiger partial charge in [0.2, 0.25) is 17.7 Å². The molecule has 58 heavy (non-hydrogen) atoms. The van der Waals surface area contributed by atoms with Crippen molar-refractivity contribution in [2.24, 2.45) is 0 Å². The van der Waals surface area contributed by atoms with Crippen molar-refractivity contribution in [1.82, 2.24) is 20.4 Å². The predicted octanol–water partition coefficient (Wildman–Crippen LogP) is 2.75. The maximum Gasteiger partial charge on any atom is 0.417 e. The third kappa shape index (κ3) is 11.0. The van der Waals surface area contributed by atoms with Gasteiger partial charge in [-0.2, -0.15) is 18.4 Å². The number of benzene rings is 3. The quantitative estimate of drug-likeness (QED) is 0.188. The molecule has 3 fully saturated rings. The zero-order valence-electron chi connectivity index (χ0n) is 32.2. The Bertz CT molecular complexity index is 1990. The van der Waals surface area contributed by atoms with Crippen LogP contribution in [0.25, 0.3) is 0 Å². The summed E-state index contributed by atoms with van der Waals surface area (Å²) >= 11 is 0. The maximum atomic E-state index is 13.3. The molecule has 14 nitrogen and oxygen atoms in total. The Labute approximate surface area is 334 Å². The average Bonchev–Trinajstić information content (AvgIpc) is 3.21. The topological polar surface area (TPSA) is 171 Å².